The number of rotatable bonds is 16. The van der Waals surface area contributed by atoms with Crippen molar-refractivity contribution < 1.29 is 25.2 Å². The van der Waals surface area contributed by atoms with Crippen LogP contribution in [-0.4, -0.2) is 44.7 Å². The minimum absolute atomic E-state index is 0.0563. The Balaban J connectivity index is 3.78. The fourth-order valence-electron chi connectivity index (χ4n) is 2.35. The number of unbranched alkanes of at least 4 members (excludes halogenated alkanes) is 2. The van der Waals surface area contributed by atoms with E-state index in [2.05, 4.69) is 6.92 Å². The van der Waals surface area contributed by atoms with Crippen LogP contribution in [-0.2, 0) is 4.79 Å². The van der Waals surface area contributed by atoms with Gasteiger partial charge < -0.3 is 20.4 Å². The summed E-state index contributed by atoms with van der Waals surface area (Å²) in [5.41, 5.74) is 0. The number of hydrogen-bond donors (Lipinski definition) is 4. The van der Waals surface area contributed by atoms with Crippen LogP contribution < -0.4 is 0 Å². The topological polar surface area (TPSA) is 98.0 Å². The Kier molecular flexibility index (Phi) is 16.6. The van der Waals surface area contributed by atoms with Crippen LogP contribution >= 0.6 is 0 Å². The predicted octanol–water partition coefficient (Wildman–Crippen LogP) is 3.91. The second kappa shape index (κ2) is 17.7. The molecule has 5 nitrogen and oxygen atoms in total. The van der Waals surface area contributed by atoms with Crippen LogP contribution in [0.1, 0.15) is 64.7 Å². The van der Waals surface area contributed by atoms with Gasteiger partial charge in [0.1, 0.15) is 0 Å². The van der Waals surface area contributed by atoms with Crippen molar-refractivity contribution in [2.75, 3.05) is 0 Å². The van der Waals surface area contributed by atoms with Crippen molar-refractivity contribution in [3.63, 3.8) is 0 Å². The molecular weight excluding hydrogens is 344 g/mol. The molecule has 0 aliphatic heterocycles. The van der Waals surface area contributed by atoms with E-state index in [0.29, 0.717) is 6.42 Å². The zero-order valence-electron chi connectivity index (χ0n) is 16.4. The van der Waals surface area contributed by atoms with Gasteiger partial charge in [-0.05, 0) is 32.1 Å². The maximum atomic E-state index is 10.4. The van der Waals surface area contributed by atoms with Gasteiger partial charge in [0.2, 0.25) is 0 Å². The number of carboxylic acids is 1. The van der Waals surface area contributed by atoms with Gasteiger partial charge in [0.15, 0.2) is 0 Å². The second-order valence-corrected chi connectivity index (χ2v) is 6.59. The molecule has 0 saturated heterocycles. The fourth-order valence-corrected chi connectivity index (χ4v) is 2.35. The van der Waals surface area contributed by atoms with E-state index < -0.39 is 18.2 Å². The second-order valence-electron chi connectivity index (χ2n) is 6.59. The molecule has 0 spiro atoms. The molecule has 0 aromatic carbocycles. The smallest absolute Gasteiger partial charge is 0.303 e. The molecule has 0 saturated carbocycles. The summed E-state index contributed by atoms with van der Waals surface area (Å²) >= 11 is 0. The molecule has 3 atom stereocenters. The maximum Gasteiger partial charge on any atom is 0.303 e. The van der Waals surface area contributed by atoms with Crippen LogP contribution in [0, 0.1) is 0 Å². The van der Waals surface area contributed by atoms with Crippen LogP contribution in [0.15, 0.2) is 48.6 Å². The molecule has 4 N–H and O–H groups in total. The first-order chi connectivity index (χ1) is 13.0. The van der Waals surface area contributed by atoms with Crippen molar-refractivity contribution in [2.45, 2.75) is 83.0 Å². The molecule has 3 unspecified atom stereocenters. The number of aliphatic hydroxyl groups excluding tert-OH is 3. The van der Waals surface area contributed by atoms with Crippen LogP contribution in [0.25, 0.3) is 0 Å². The molecule has 0 amide bonds. The number of carboxylic acid groups (broad SMARTS) is 1. The molecule has 27 heavy (non-hydrogen) atoms. The summed E-state index contributed by atoms with van der Waals surface area (Å²) in [7, 11) is 0. The summed E-state index contributed by atoms with van der Waals surface area (Å²) in [5.74, 6) is -0.977. The molecular formula is C22H36O5. The highest BCUT2D eigenvalue weighted by atomic mass is 16.4. The average molecular weight is 381 g/mol. The summed E-state index contributed by atoms with van der Waals surface area (Å²) in [5, 5.41) is 37.6. The molecule has 0 heterocycles. The summed E-state index contributed by atoms with van der Waals surface area (Å²) < 4.78 is 0. The Bertz CT molecular complexity index is 479. The number of allylic oxidation sites excluding steroid dienone is 6. The molecule has 0 aliphatic carbocycles. The normalized spacial score (nSPS) is 16.0. The van der Waals surface area contributed by atoms with Gasteiger partial charge in [-0.2, -0.15) is 0 Å². The lowest BCUT2D eigenvalue weighted by molar-refractivity contribution is -0.138. The summed E-state index contributed by atoms with van der Waals surface area (Å²) in [6.07, 6.45) is 19.0. The molecule has 0 fully saturated rings. The lowest BCUT2D eigenvalue weighted by Crippen LogP contribution is -2.25. The van der Waals surface area contributed by atoms with E-state index in [9.17, 15) is 20.1 Å². The van der Waals surface area contributed by atoms with Crippen molar-refractivity contribution >= 4 is 5.97 Å². The third-order valence-electron chi connectivity index (χ3n) is 4.04. The molecule has 5 heteroatoms. The van der Waals surface area contributed by atoms with Gasteiger partial charge in [0.25, 0.3) is 0 Å². The van der Waals surface area contributed by atoms with Crippen molar-refractivity contribution in [2.24, 2.45) is 0 Å². The van der Waals surface area contributed by atoms with Gasteiger partial charge in [-0.15, -0.1) is 0 Å². The van der Waals surface area contributed by atoms with Crippen molar-refractivity contribution in [3.05, 3.63) is 48.6 Å². The van der Waals surface area contributed by atoms with E-state index in [0.717, 1.165) is 38.5 Å². The number of carbonyl (C=O) groups is 1. The van der Waals surface area contributed by atoms with Gasteiger partial charge in [-0.25, -0.2) is 0 Å². The highest BCUT2D eigenvalue weighted by Crippen LogP contribution is 2.07. The van der Waals surface area contributed by atoms with E-state index in [1.807, 2.05) is 42.5 Å². The SMILES string of the molecule is CCCCCC(O)/C=C\C=C/C/C=C\C/C=C\CC(O)C(O)CCC(=O)O. The quantitative estimate of drug-likeness (QED) is 0.185. The van der Waals surface area contributed by atoms with Gasteiger partial charge in [-0.3, -0.25) is 4.79 Å². The van der Waals surface area contributed by atoms with Crippen molar-refractivity contribution in [1.29, 1.82) is 0 Å². The van der Waals surface area contributed by atoms with E-state index in [1.165, 1.54) is 0 Å². The lowest BCUT2D eigenvalue weighted by Gasteiger charge is -2.14. The summed E-state index contributed by atoms with van der Waals surface area (Å²) in [4.78, 5) is 10.4. The zero-order chi connectivity index (χ0) is 20.3. The molecule has 0 radical (unpaired) electrons. The number of hydrogen-bond acceptors (Lipinski definition) is 4. The first-order valence-electron chi connectivity index (χ1n) is 9.86. The van der Waals surface area contributed by atoms with E-state index in [1.54, 1.807) is 6.08 Å². The first-order valence-corrected chi connectivity index (χ1v) is 9.86. The Morgan fingerprint density at radius 3 is 2.19 bits per heavy atom. The summed E-state index contributed by atoms with van der Waals surface area (Å²) in [6.45, 7) is 2.15. The van der Waals surface area contributed by atoms with E-state index >= 15 is 0 Å². The highest BCUT2D eigenvalue weighted by Gasteiger charge is 2.15. The summed E-state index contributed by atoms with van der Waals surface area (Å²) in [6, 6.07) is 0. The monoisotopic (exact) mass is 380 g/mol. The zero-order valence-corrected chi connectivity index (χ0v) is 16.4. The molecule has 0 rings (SSSR count). The minimum Gasteiger partial charge on any atom is -0.481 e. The van der Waals surface area contributed by atoms with Crippen LogP contribution in [0.5, 0.6) is 0 Å². The van der Waals surface area contributed by atoms with Crippen molar-refractivity contribution in [3.8, 4) is 0 Å². The highest BCUT2D eigenvalue weighted by molar-refractivity contribution is 5.66. The number of aliphatic hydroxyl groups is 3. The fraction of sp³-hybridized carbons (Fsp3) is 0.591. The lowest BCUT2D eigenvalue weighted by atomic mass is 10.1. The Morgan fingerprint density at radius 1 is 0.852 bits per heavy atom. The molecule has 154 valence electrons. The van der Waals surface area contributed by atoms with E-state index in [-0.39, 0.29) is 18.9 Å². The molecule has 0 aliphatic rings. The first kappa shape index (κ1) is 25.3. The third-order valence-corrected chi connectivity index (χ3v) is 4.04. The van der Waals surface area contributed by atoms with Crippen LogP contribution in [0.2, 0.25) is 0 Å². The number of aliphatic carboxylic acids is 1. The van der Waals surface area contributed by atoms with E-state index in [4.69, 9.17) is 5.11 Å². The molecule has 0 bridgehead atoms. The van der Waals surface area contributed by atoms with Gasteiger partial charge in [0, 0.05) is 6.42 Å². The van der Waals surface area contributed by atoms with Crippen molar-refractivity contribution in [1.82, 2.24) is 0 Å². The maximum absolute atomic E-state index is 10.4. The van der Waals surface area contributed by atoms with Gasteiger partial charge in [0.05, 0.1) is 18.3 Å². The van der Waals surface area contributed by atoms with Gasteiger partial charge >= 0.3 is 5.97 Å². The Labute approximate surface area is 163 Å². The van der Waals surface area contributed by atoms with Crippen LogP contribution in [0.3, 0.4) is 0 Å². The van der Waals surface area contributed by atoms with Crippen LogP contribution in [0.4, 0.5) is 0 Å². The predicted molar refractivity (Wildman–Crippen MR) is 109 cm³/mol. The van der Waals surface area contributed by atoms with Gasteiger partial charge in [-0.1, -0.05) is 74.8 Å². The molecule has 0 aromatic rings. The Hall–Kier alpha value is -1.69. The molecule has 0 aromatic heterocycles. The standard InChI is InChI=1S/C22H36O5/c1-2-3-11-14-19(23)15-12-9-7-5-4-6-8-10-13-16-20(24)21(25)17-18-22(26)27/h4,6-7,9-10,12-13,15,19-21,23-25H,2-3,5,8,11,14,16-18H2,1H3,(H,26,27)/b6-4-,9-7-,13-10-,15-12-. The minimum atomic E-state index is -1.01. The Morgan fingerprint density at radius 2 is 1.52 bits per heavy atom. The largest absolute Gasteiger partial charge is 0.481 e. The third kappa shape index (κ3) is 17.5. The average Bonchev–Trinajstić information content (AvgIpc) is 2.64.